The fourth-order valence-corrected chi connectivity index (χ4v) is 7.74. The summed E-state index contributed by atoms with van der Waals surface area (Å²) in [4.78, 5) is 17.3. The van der Waals surface area contributed by atoms with E-state index in [9.17, 15) is 4.79 Å². The molecule has 0 amide bonds. The fraction of sp³-hybridized carbons (Fsp3) is 0.283. The zero-order valence-corrected chi connectivity index (χ0v) is 30.2. The van der Waals surface area contributed by atoms with Crippen molar-refractivity contribution in [3.8, 4) is 0 Å². The largest absolute Gasteiger partial charge is 0.388 e. The molecule has 6 aromatic carbocycles. The van der Waals surface area contributed by atoms with E-state index in [-0.39, 0.29) is 5.78 Å². The van der Waals surface area contributed by atoms with Crippen LogP contribution in [0, 0.1) is 17.2 Å². The van der Waals surface area contributed by atoms with Crippen molar-refractivity contribution in [3.05, 3.63) is 119 Å². The molecular formula is C46H47N3O. The highest BCUT2D eigenvalue weighted by molar-refractivity contribution is 6.37. The van der Waals surface area contributed by atoms with Crippen molar-refractivity contribution in [3.63, 3.8) is 0 Å². The van der Waals surface area contributed by atoms with Gasteiger partial charge in [0.25, 0.3) is 0 Å². The summed E-state index contributed by atoms with van der Waals surface area (Å²) in [6.45, 7) is 13.1. The number of carbonyl (C=O) groups is 1. The molecule has 50 heavy (non-hydrogen) atoms. The van der Waals surface area contributed by atoms with Crippen LogP contribution < -0.4 is 10.2 Å². The first-order valence-electron chi connectivity index (χ1n) is 18.1. The summed E-state index contributed by atoms with van der Waals surface area (Å²) < 4.78 is 0. The predicted molar refractivity (Wildman–Crippen MR) is 215 cm³/mol. The van der Waals surface area contributed by atoms with Gasteiger partial charge in [-0.25, -0.2) is 0 Å². The molecule has 0 aliphatic heterocycles. The van der Waals surface area contributed by atoms with Crippen molar-refractivity contribution < 1.29 is 4.79 Å². The molecule has 2 N–H and O–H groups in total. The van der Waals surface area contributed by atoms with Crippen LogP contribution >= 0.6 is 0 Å². The Bertz CT molecular complexity index is 2360. The Labute approximate surface area is 296 Å². The molecule has 7 rings (SSSR count). The van der Waals surface area contributed by atoms with E-state index < -0.39 is 5.92 Å². The molecule has 1 atom stereocenters. The maximum Gasteiger partial charge on any atom is 0.175 e. The second-order valence-corrected chi connectivity index (χ2v) is 14.8. The molecular weight excluding hydrogens is 611 g/mol. The molecule has 6 aromatic rings. The summed E-state index contributed by atoms with van der Waals surface area (Å²) in [5.41, 5.74) is 6.46. The molecule has 252 valence electrons. The first-order chi connectivity index (χ1) is 24.2. The Kier molecular flexibility index (Phi) is 9.07. The predicted octanol–water partition coefficient (Wildman–Crippen LogP) is 11.6. The van der Waals surface area contributed by atoms with Crippen LogP contribution in [-0.2, 0) is 4.79 Å². The maximum atomic E-state index is 14.7. The molecule has 0 heterocycles. The van der Waals surface area contributed by atoms with Gasteiger partial charge < -0.3 is 10.2 Å². The Morgan fingerprint density at radius 1 is 0.740 bits per heavy atom. The monoisotopic (exact) mass is 657 g/mol. The first kappa shape index (κ1) is 33.3. The molecule has 1 aliphatic rings. The Morgan fingerprint density at radius 2 is 1.28 bits per heavy atom. The number of nitrogens with zero attached hydrogens (tertiary/aromatic N) is 1. The Balaban J connectivity index is 1.45. The van der Waals surface area contributed by atoms with Gasteiger partial charge in [-0.05, 0) is 123 Å². The average molecular weight is 658 g/mol. The molecule has 0 bridgehead atoms. The van der Waals surface area contributed by atoms with E-state index in [4.69, 9.17) is 5.41 Å². The van der Waals surface area contributed by atoms with Crippen molar-refractivity contribution in [2.75, 3.05) is 30.4 Å². The standard InChI is InChI=1S/C46H47N3O/c1-28(2)19-21-49(22-20-29(3)4)42-18-16-36(38-24-32-12-8-10-14-34(32)26-40(38)42)45-43(30(5)27-47)44(46(45)50)35-15-17-41(48-6)39-25-33-13-9-7-11-31(33)23-37(35)39/h7-18,23-26,28-29,45,47-48H,19-22H2,1-6H3. The second kappa shape index (κ2) is 13.6. The molecule has 0 radical (unpaired) electrons. The first-order valence-corrected chi connectivity index (χ1v) is 18.1. The summed E-state index contributed by atoms with van der Waals surface area (Å²) in [5, 5.41) is 20.7. The zero-order valence-electron chi connectivity index (χ0n) is 30.2. The van der Waals surface area contributed by atoms with Crippen molar-refractivity contribution in [1.82, 2.24) is 0 Å². The number of carbonyl (C=O) groups excluding carboxylic acids is 1. The van der Waals surface area contributed by atoms with E-state index >= 15 is 0 Å². The number of fused-ring (bicyclic) bond motifs is 4. The van der Waals surface area contributed by atoms with Crippen molar-refractivity contribution in [2.45, 2.75) is 53.4 Å². The van der Waals surface area contributed by atoms with E-state index in [1.54, 1.807) is 0 Å². The molecule has 0 saturated carbocycles. The molecule has 1 aliphatic carbocycles. The third-order valence-electron chi connectivity index (χ3n) is 10.6. The number of hydrogen-bond acceptors (Lipinski definition) is 4. The van der Waals surface area contributed by atoms with Crippen LogP contribution in [0.3, 0.4) is 0 Å². The lowest BCUT2D eigenvalue weighted by atomic mass is 9.66. The number of rotatable bonds is 11. The number of anilines is 2. The van der Waals surface area contributed by atoms with E-state index in [2.05, 4.69) is 141 Å². The lowest BCUT2D eigenvalue weighted by Crippen LogP contribution is -2.30. The van der Waals surface area contributed by atoms with Crippen LogP contribution in [0.5, 0.6) is 0 Å². The van der Waals surface area contributed by atoms with Crippen LogP contribution in [0.15, 0.2) is 108 Å². The summed E-state index contributed by atoms with van der Waals surface area (Å²) in [6, 6.07) is 34.5. The van der Waals surface area contributed by atoms with Gasteiger partial charge in [-0.3, -0.25) is 10.2 Å². The Morgan fingerprint density at radius 3 is 1.82 bits per heavy atom. The molecule has 0 fully saturated rings. The third kappa shape index (κ3) is 5.88. The molecule has 0 aromatic heterocycles. The lowest BCUT2D eigenvalue weighted by Gasteiger charge is -2.35. The zero-order chi connectivity index (χ0) is 35.1. The van der Waals surface area contributed by atoms with Gasteiger partial charge in [0, 0.05) is 53.4 Å². The topological polar surface area (TPSA) is 56.2 Å². The average Bonchev–Trinajstić information content (AvgIpc) is 3.12. The smallest absolute Gasteiger partial charge is 0.175 e. The van der Waals surface area contributed by atoms with Gasteiger partial charge in [0.15, 0.2) is 5.78 Å². The minimum absolute atomic E-state index is 0.0972. The van der Waals surface area contributed by atoms with Gasteiger partial charge in [-0.15, -0.1) is 0 Å². The van der Waals surface area contributed by atoms with Crippen LogP contribution in [0.25, 0.3) is 48.7 Å². The highest BCUT2D eigenvalue weighted by atomic mass is 16.1. The maximum absolute atomic E-state index is 14.7. The van der Waals surface area contributed by atoms with Crippen LogP contribution in [0.1, 0.15) is 64.5 Å². The number of benzene rings is 6. The molecule has 0 saturated heterocycles. The van der Waals surface area contributed by atoms with Crippen LogP contribution in [0.4, 0.5) is 11.4 Å². The molecule has 4 heteroatoms. The summed E-state index contributed by atoms with van der Waals surface area (Å²) >= 11 is 0. The number of allylic oxidation sites excluding steroid dienone is 3. The van der Waals surface area contributed by atoms with Crippen LogP contribution in [0.2, 0.25) is 0 Å². The number of ketones is 1. The summed E-state index contributed by atoms with van der Waals surface area (Å²) in [7, 11) is 1.94. The molecule has 4 nitrogen and oxygen atoms in total. The lowest BCUT2D eigenvalue weighted by molar-refractivity contribution is -0.115. The number of Topliss-reactive ketones (excluding diaryl/α,β-unsaturated/α-hetero) is 1. The van der Waals surface area contributed by atoms with E-state index in [1.807, 2.05) is 14.0 Å². The van der Waals surface area contributed by atoms with E-state index in [0.717, 1.165) is 80.6 Å². The van der Waals surface area contributed by atoms with Gasteiger partial charge in [0.05, 0.1) is 5.92 Å². The van der Waals surface area contributed by atoms with Gasteiger partial charge in [0.1, 0.15) is 0 Å². The quantitative estimate of drug-likeness (QED) is 0.108. The normalized spacial score (nSPS) is 14.6. The fourth-order valence-electron chi connectivity index (χ4n) is 7.74. The highest BCUT2D eigenvalue weighted by Gasteiger charge is 2.43. The highest BCUT2D eigenvalue weighted by Crippen LogP contribution is 2.51. The van der Waals surface area contributed by atoms with Crippen LogP contribution in [-0.4, -0.2) is 31.8 Å². The van der Waals surface area contributed by atoms with Crippen molar-refractivity contribution in [1.29, 1.82) is 5.41 Å². The summed E-state index contributed by atoms with van der Waals surface area (Å²) in [6.07, 6.45) is 2.23. The minimum Gasteiger partial charge on any atom is -0.388 e. The van der Waals surface area contributed by atoms with Crippen molar-refractivity contribution in [2.24, 2.45) is 11.8 Å². The Hall–Kier alpha value is -5.18. The SMILES string of the molecule is CNc1ccc(C2=C(C(C)=C=N)C(c3ccc(N(CCC(C)C)CCC(C)C)c4cc5ccccc5cc34)C2=O)c2cc3ccccc3cc12. The van der Waals surface area contributed by atoms with E-state index in [1.165, 1.54) is 16.5 Å². The minimum atomic E-state index is -0.472. The van der Waals surface area contributed by atoms with Gasteiger partial charge >= 0.3 is 0 Å². The third-order valence-corrected chi connectivity index (χ3v) is 10.6. The van der Waals surface area contributed by atoms with Crippen molar-refractivity contribution >= 4 is 71.7 Å². The molecule has 1 unspecified atom stereocenters. The summed E-state index contributed by atoms with van der Waals surface area (Å²) in [5.74, 6) is 3.52. The number of hydrogen-bond donors (Lipinski definition) is 2. The number of nitrogens with one attached hydrogen (secondary N) is 2. The van der Waals surface area contributed by atoms with Gasteiger partial charge in [0.2, 0.25) is 0 Å². The molecule has 0 spiro atoms. The van der Waals surface area contributed by atoms with E-state index in [0.29, 0.717) is 23.0 Å². The van der Waals surface area contributed by atoms with Gasteiger partial charge in [-0.1, -0.05) is 88.4 Å². The second-order valence-electron chi connectivity index (χ2n) is 14.8. The van der Waals surface area contributed by atoms with Gasteiger partial charge in [-0.2, -0.15) is 0 Å².